The number of imidazole rings is 1. The Labute approximate surface area is 149 Å². The van der Waals surface area contributed by atoms with Crippen molar-refractivity contribution in [3.05, 3.63) is 41.7 Å². The summed E-state index contributed by atoms with van der Waals surface area (Å²) >= 11 is 0. The Hall–Kier alpha value is -3.25. The minimum Gasteiger partial charge on any atom is -0.383 e. The molecule has 3 N–H and O–H groups in total. The van der Waals surface area contributed by atoms with E-state index in [9.17, 15) is 9.65 Å². The lowest BCUT2D eigenvalue weighted by molar-refractivity contribution is 0.187. The summed E-state index contributed by atoms with van der Waals surface area (Å²) in [6, 6.07) is 6.44. The molecular weight excluding hydrogens is 337 g/mol. The molecule has 1 aromatic carbocycles. The third kappa shape index (κ3) is 3.14. The summed E-state index contributed by atoms with van der Waals surface area (Å²) in [5, 5.41) is 12.4. The molecule has 1 atom stereocenters. The van der Waals surface area contributed by atoms with E-state index in [1.54, 1.807) is 19.2 Å². The van der Waals surface area contributed by atoms with Gasteiger partial charge in [0.05, 0.1) is 18.2 Å². The average Bonchev–Trinajstić information content (AvgIpc) is 3.00. The van der Waals surface area contributed by atoms with Crippen molar-refractivity contribution in [3.63, 3.8) is 0 Å². The van der Waals surface area contributed by atoms with Crippen molar-refractivity contribution in [2.75, 3.05) is 24.8 Å². The van der Waals surface area contributed by atoms with Gasteiger partial charge in [-0.1, -0.05) is 6.07 Å². The molecule has 134 valence electrons. The molecule has 0 fully saturated rings. The van der Waals surface area contributed by atoms with Gasteiger partial charge in [-0.3, -0.25) is 0 Å². The van der Waals surface area contributed by atoms with Crippen LogP contribution >= 0.6 is 0 Å². The fourth-order valence-electron chi connectivity index (χ4n) is 2.77. The first-order valence-electron chi connectivity index (χ1n) is 7.97. The molecule has 3 rings (SSSR count). The summed E-state index contributed by atoms with van der Waals surface area (Å²) in [6.45, 7) is 2.81. The summed E-state index contributed by atoms with van der Waals surface area (Å²) in [5.41, 5.74) is 6.84. The highest BCUT2D eigenvalue weighted by atomic mass is 19.1. The van der Waals surface area contributed by atoms with E-state index in [-0.39, 0.29) is 22.9 Å². The normalized spacial score (nSPS) is 12.1. The molecule has 0 unspecified atom stereocenters. The van der Waals surface area contributed by atoms with Crippen molar-refractivity contribution in [1.29, 1.82) is 5.26 Å². The zero-order chi connectivity index (χ0) is 18.7. The van der Waals surface area contributed by atoms with Gasteiger partial charge in [0, 0.05) is 13.7 Å². The number of hydrogen-bond donors (Lipinski definition) is 2. The number of benzene rings is 1. The van der Waals surface area contributed by atoms with Gasteiger partial charge in [0.15, 0.2) is 5.82 Å². The maximum Gasteiger partial charge on any atom is 0.151 e. The van der Waals surface area contributed by atoms with Crippen LogP contribution in [0, 0.1) is 17.1 Å². The van der Waals surface area contributed by atoms with Gasteiger partial charge in [-0.05, 0) is 19.1 Å². The van der Waals surface area contributed by atoms with Gasteiger partial charge in [-0.15, -0.1) is 0 Å². The molecule has 9 heteroatoms. The van der Waals surface area contributed by atoms with Crippen LogP contribution in [0.5, 0.6) is 0 Å². The maximum atomic E-state index is 14.2. The van der Waals surface area contributed by atoms with E-state index in [0.29, 0.717) is 30.3 Å². The number of nitrogen functional groups attached to an aromatic ring is 1. The molecule has 8 nitrogen and oxygen atoms in total. The summed E-state index contributed by atoms with van der Waals surface area (Å²) in [7, 11) is 1.60. The van der Waals surface area contributed by atoms with Crippen molar-refractivity contribution >= 4 is 22.7 Å². The molecule has 0 saturated carbocycles. The number of halogens is 1. The average molecular weight is 355 g/mol. The Morgan fingerprint density at radius 1 is 1.42 bits per heavy atom. The molecule has 0 saturated heterocycles. The Bertz CT molecular complexity index is 979. The van der Waals surface area contributed by atoms with Crippen LogP contribution in [0.3, 0.4) is 0 Å². The van der Waals surface area contributed by atoms with Crippen LogP contribution in [0.4, 0.5) is 16.0 Å². The predicted molar refractivity (Wildman–Crippen MR) is 94.8 cm³/mol. The minimum atomic E-state index is -0.392. The van der Waals surface area contributed by atoms with Crippen molar-refractivity contribution in [2.45, 2.75) is 19.5 Å². The van der Waals surface area contributed by atoms with Crippen molar-refractivity contribution in [2.24, 2.45) is 0 Å². The standard InChI is InChI=1S/C17H18FN7O/c1-10(23-16-11(8-19)15(20)21-9-22-16)17-24-14-12(18)4-3-5-13(14)25(17)6-7-26-2/h3-5,9-10H,6-7H2,1-2H3,(H3,20,21,22,23)/t10-/m0/s1. The minimum absolute atomic E-state index is 0.0936. The lowest BCUT2D eigenvalue weighted by Gasteiger charge is -2.17. The number of fused-ring (bicyclic) bond motifs is 1. The third-order valence-electron chi connectivity index (χ3n) is 4.01. The van der Waals surface area contributed by atoms with Gasteiger partial charge in [0.2, 0.25) is 0 Å². The lowest BCUT2D eigenvalue weighted by Crippen LogP contribution is -2.17. The second kappa shape index (κ2) is 7.33. The molecule has 26 heavy (non-hydrogen) atoms. The number of aromatic nitrogens is 4. The highest BCUT2D eigenvalue weighted by Gasteiger charge is 2.20. The molecular formula is C17H18FN7O. The monoisotopic (exact) mass is 355 g/mol. The second-order valence-corrected chi connectivity index (χ2v) is 5.68. The zero-order valence-electron chi connectivity index (χ0n) is 14.4. The molecule has 0 aliphatic heterocycles. The van der Waals surface area contributed by atoms with E-state index < -0.39 is 5.82 Å². The van der Waals surface area contributed by atoms with Crippen LogP contribution in [0.15, 0.2) is 24.5 Å². The van der Waals surface area contributed by atoms with Gasteiger partial charge in [0.25, 0.3) is 0 Å². The van der Waals surface area contributed by atoms with Crippen LogP contribution < -0.4 is 11.1 Å². The zero-order valence-corrected chi connectivity index (χ0v) is 14.4. The smallest absolute Gasteiger partial charge is 0.151 e. The van der Waals surface area contributed by atoms with Crippen LogP contribution in [0.25, 0.3) is 11.0 Å². The van der Waals surface area contributed by atoms with Crippen LogP contribution in [-0.4, -0.2) is 33.2 Å². The van der Waals surface area contributed by atoms with Gasteiger partial charge in [-0.25, -0.2) is 19.3 Å². The first-order chi connectivity index (χ1) is 12.6. The topological polar surface area (TPSA) is 115 Å². The molecule has 0 bridgehead atoms. The molecule has 0 radical (unpaired) electrons. The van der Waals surface area contributed by atoms with E-state index >= 15 is 0 Å². The first kappa shape index (κ1) is 17.6. The van der Waals surface area contributed by atoms with Crippen LogP contribution in [-0.2, 0) is 11.3 Å². The Morgan fingerprint density at radius 2 is 2.23 bits per heavy atom. The molecule has 3 aromatic rings. The van der Waals surface area contributed by atoms with Gasteiger partial charge in [0.1, 0.15) is 40.9 Å². The molecule has 0 aliphatic rings. The van der Waals surface area contributed by atoms with E-state index in [1.807, 2.05) is 17.6 Å². The van der Waals surface area contributed by atoms with Crippen LogP contribution in [0.1, 0.15) is 24.4 Å². The number of anilines is 2. The van der Waals surface area contributed by atoms with Crippen molar-refractivity contribution in [1.82, 2.24) is 19.5 Å². The number of rotatable bonds is 6. The largest absolute Gasteiger partial charge is 0.383 e. The number of nitrogens with zero attached hydrogens (tertiary/aromatic N) is 5. The van der Waals surface area contributed by atoms with Crippen molar-refractivity contribution < 1.29 is 9.13 Å². The molecule has 2 aromatic heterocycles. The Morgan fingerprint density at radius 3 is 2.96 bits per heavy atom. The highest BCUT2D eigenvalue weighted by molar-refractivity contribution is 5.77. The van der Waals surface area contributed by atoms with E-state index in [2.05, 4.69) is 20.3 Å². The van der Waals surface area contributed by atoms with Crippen LogP contribution in [0.2, 0.25) is 0 Å². The number of methoxy groups -OCH3 is 1. The summed E-state index contributed by atoms with van der Waals surface area (Å²) < 4.78 is 21.2. The van der Waals surface area contributed by atoms with Crippen molar-refractivity contribution in [3.8, 4) is 6.07 Å². The SMILES string of the molecule is COCCn1c([C@H](C)Nc2ncnc(N)c2C#N)nc2c(F)cccc21. The van der Waals surface area contributed by atoms with E-state index in [1.165, 1.54) is 12.4 Å². The van der Waals surface area contributed by atoms with E-state index in [0.717, 1.165) is 0 Å². The van der Waals surface area contributed by atoms with Gasteiger partial charge in [-0.2, -0.15) is 5.26 Å². The Balaban J connectivity index is 2.03. The van der Waals surface area contributed by atoms with Gasteiger partial charge >= 0.3 is 0 Å². The molecule has 0 spiro atoms. The fraction of sp³-hybridized carbons (Fsp3) is 0.294. The third-order valence-corrected chi connectivity index (χ3v) is 4.01. The number of hydrogen-bond acceptors (Lipinski definition) is 7. The summed E-state index contributed by atoms with van der Waals surface area (Å²) in [5.74, 6) is 0.605. The second-order valence-electron chi connectivity index (χ2n) is 5.68. The number of ether oxygens (including phenoxy) is 1. The molecule has 2 heterocycles. The van der Waals surface area contributed by atoms with Gasteiger partial charge < -0.3 is 20.4 Å². The maximum absolute atomic E-state index is 14.2. The number of para-hydroxylation sites is 1. The predicted octanol–water partition coefficient (Wildman–Crippen LogP) is 2.24. The molecule has 0 aliphatic carbocycles. The molecule has 0 amide bonds. The fourth-order valence-corrected chi connectivity index (χ4v) is 2.77. The first-order valence-corrected chi connectivity index (χ1v) is 7.97. The Kier molecular flexibility index (Phi) is 4.95. The summed E-state index contributed by atoms with van der Waals surface area (Å²) in [6.07, 6.45) is 1.28. The highest BCUT2D eigenvalue weighted by Crippen LogP contribution is 2.26. The quantitative estimate of drug-likeness (QED) is 0.697. The number of nitrogens with one attached hydrogen (secondary N) is 1. The number of nitrogens with two attached hydrogens (primary N) is 1. The summed E-state index contributed by atoms with van der Waals surface area (Å²) in [4.78, 5) is 12.3. The lowest BCUT2D eigenvalue weighted by atomic mass is 10.2. The number of nitriles is 1. The van der Waals surface area contributed by atoms with E-state index in [4.69, 9.17) is 10.5 Å².